The number of hydrogen-bond acceptors (Lipinski definition) is 36. The average molecular weight is 2060 g/mol. The van der Waals surface area contributed by atoms with Crippen LogP contribution in [0.25, 0.3) is 0 Å². The number of benzene rings is 2. The van der Waals surface area contributed by atoms with E-state index in [2.05, 4.69) is 93.2 Å². The minimum Gasteiger partial charge on any atom is -1.00 e. The summed E-state index contributed by atoms with van der Waals surface area (Å²) in [5, 5.41) is 50.6. The van der Waals surface area contributed by atoms with Gasteiger partial charge in [-0.25, -0.2) is 54.4 Å². The first-order valence-corrected chi connectivity index (χ1v) is 42.9. The number of quaternary nitrogens is 1. The predicted octanol–water partition coefficient (Wildman–Crippen LogP) is -0.718. The molecule has 3 saturated heterocycles. The summed E-state index contributed by atoms with van der Waals surface area (Å²) in [6.45, 7) is 18.2. The van der Waals surface area contributed by atoms with Crippen molar-refractivity contribution in [3.8, 4) is 0 Å². The fourth-order valence-electron chi connectivity index (χ4n) is 10.1. The molecule has 3 aromatic heterocycles. The quantitative estimate of drug-likeness (QED) is 0.00231. The number of aryl methyl sites for hydroxylation is 3. The van der Waals surface area contributed by atoms with Gasteiger partial charge in [0.05, 0.1) is 69.9 Å². The van der Waals surface area contributed by atoms with Crippen LogP contribution >= 0.6 is 128 Å². The Morgan fingerprint density at radius 1 is 0.646 bits per heavy atom. The maximum atomic E-state index is 12.0. The summed E-state index contributed by atoms with van der Waals surface area (Å²) in [6.07, 6.45) is 0.416. The number of nitrogens with zero attached hydrogens (tertiary/aromatic N) is 9. The van der Waals surface area contributed by atoms with Gasteiger partial charge < -0.3 is 90.2 Å². The molecule has 0 saturated carbocycles. The van der Waals surface area contributed by atoms with Crippen molar-refractivity contribution in [2.24, 2.45) is 33.4 Å². The normalized spacial score (nSPS) is 15.9. The number of amides is 14. The zero-order chi connectivity index (χ0) is 96.5. The van der Waals surface area contributed by atoms with Crippen LogP contribution in [0.5, 0.6) is 0 Å². The minimum atomic E-state index is -2.27. The van der Waals surface area contributed by atoms with Crippen LogP contribution in [-0.2, 0) is 76.7 Å². The fourth-order valence-corrected chi connectivity index (χ4v) is 13.7. The molecule has 712 valence electrons. The molecule has 8 heterocycles. The molecule has 14 amide bonds. The predicted molar refractivity (Wildman–Crippen MR) is 470 cm³/mol. The van der Waals surface area contributed by atoms with Crippen LogP contribution < -0.4 is 67.4 Å². The fraction of sp³-hybridized carbons (Fsp3) is 0.423. The number of carboxylic acids is 3. The van der Waals surface area contributed by atoms with E-state index < -0.39 is 120 Å². The molecule has 18 N–H and O–H groups in total. The summed E-state index contributed by atoms with van der Waals surface area (Å²) >= 11 is 36.8. The van der Waals surface area contributed by atoms with Crippen LogP contribution in [0, 0.1) is 26.7 Å². The van der Waals surface area contributed by atoms with Gasteiger partial charge >= 0.3 is 56.0 Å². The number of thiazole rings is 3. The van der Waals surface area contributed by atoms with E-state index in [0.29, 0.717) is 52.2 Å². The number of rotatable bonds is 30. The number of aliphatic carboxylic acids is 3. The van der Waals surface area contributed by atoms with Crippen molar-refractivity contribution >= 4 is 254 Å². The van der Waals surface area contributed by atoms with E-state index in [0.717, 1.165) is 15.1 Å². The van der Waals surface area contributed by atoms with Crippen molar-refractivity contribution < 1.29 is 149 Å². The highest BCUT2D eigenvalue weighted by Crippen LogP contribution is 2.51. The molecule has 5 aliphatic heterocycles. The zero-order valence-corrected chi connectivity index (χ0v) is 78.8. The number of fused-ring (bicyclic) bond motifs is 5. The second kappa shape index (κ2) is 58.7. The number of thioether (sulfide) groups is 1. The van der Waals surface area contributed by atoms with Gasteiger partial charge in [-0.1, -0.05) is 120 Å². The third kappa shape index (κ3) is 37.7. The largest absolute Gasteiger partial charge is 1.00 e. The number of ether oxygens (including phenoxy) is 1. The van der Waals surface area contributed by atoms with Crippen molar-refractivity contribution in [2.75, 3.05) is 91.1 Å². The van der Waals surface area contributed by atoms with Gasteiger partial charge in [0, 0.05) is 54.0 Å². The first-order valence-electron chi connectivity index (χ1n) is 37.0. The lowest BCUT2D eigenvalue weighted by molar-refractivity contribution is -0.379. The van der Waals surface area contributed by atoms with Crippen LogP contribution in [0.4, 0.5) is 14.4 Å². The Bertz CT molecular complexity index is 4800. The van der Waals surface area contributed by atoms with Gasteiger partial charge in [0.2, 0.25) is 17.5 Å². The molecule has 5 aliphatic rings. The minimum absolute atomic E-state index is 0. The highest BCUT2D eigenvalue weighted by atomic mass is 35.6. The number of halogens is 8. The van der Waals surface area contributed by atoms with Gasteiger partial charge in [0.25, 0.3) is 54.5 Å². The summed E-state index contributed by atoms with van der Waals surface area (Å²) in [6, 6.07) is 9.85. The summed E-state index contributed by atoms with van der Waals surface area (Å²) in [4.78, 5) is 240. The van der Waals surface area contributed by atoms with E-state index in [9.17, 15) is 86.3 Å². The Balaban J connectivity index is 0.000000754. The Kier molecular flexibility index (Phi) is 53.3. The topological polar surface area (TPSA) is 678 Å². The molecule has 130 heavy (non-hydrogen) atoms. The highest BCUT2D eigenvalue weighted by Gasteiger charge is 2.70. The lowest BCUT2D eigenvalue weighted by atomic mass is 9.89. The number of primary amides is 1. The molecule has 0 spiro atoms. The molecule has 0 unspecified atom stereocenters. The molecule has 10 rings (SSSR count). The first-order chi connectivity index (χ1) is 60.2. The molecule has 59 heteroatoms. The Hall–Kier alpha value is -10.0. The number of carboxylic acid groups (broad SMARTS) is 3. The van der Waals surface area contributed by atoms with Gasteiger partial charge in [0.1, 0.15) is 54.0 Å². The maximum absolute atomic E-state index is 12.0. The van der Waals surface area contributed by atoms with Crippen molar-refractivity contribution in [3.63, 3.8) is 0 Å². The molecule has 0 aliphatic carbocycles. The summed E-state index contributed by atoms with van der Waals surface area (Å²) in [5.41, 5.74) is 13.9. The standard InChI is InChI=1S/C13H10Cl3N3O5.C13H17N3O4S.C10H10N2O3.C9H9BN2O5S.C9H12N4O4S.C6H5NO3S.C6H15N.C5H8Cl3N3O3.2ClH/c14-13(15,16)11(22)18-12(23)17-5-6-24-19-9(20)7-3-1-2-4-8(7)10(19)21;1-8(17)6-11(18)14-4-3-5-15-12(13(19)20)10-7-21-9(2)16-10;11-5-6-15-12-9(13)7-3-1-2-4-8(7)10(12)14;10-17-8(15)9-3(1-4(13)16-9)2-18-7-5(11)6(14)12(7)9;1-5-12-6(4-18-5)7(8(14)15)13-17-3-2-11-9(10)16;1-3-7-4(2-11-3)5(8)6(9)10;1-4-7(5-2)6-3;6-5(7,8)3(12)11-4(13)10-1-2-14-9;;/h1-4H,5-6H2,(H2,17,18,22,23);7H,3-6H2,1-2H3,(H,14,18)(H,19,20);1-4H,5-6,11H2;3,5,7H,1-2,11H2;4H,2-3H2,1H3,(H,14,15)(H3,10,11,16);2H,1H3,(H,9,10);4-6H2,1-3H3;1-2,9H2,(H2,10,11,12,13);2*1H/b;;;;13-7-;;;;;/t;;;3-,5+,7+,9+;;;;;;/m...0....../s1. The van der Waals surface area contributed by atoms with Gasteiger partial charge in [-0.3, -0.25) is 82.9 Å². The molecule has 4 atom stereocenters. The van der Waals surface area contributed by atoms with Gasteiger partial charge in [-0.15, -0.1) is 68.3 Å². The second-order valence-corrected chi connectivity index (χ2v) is 34.0. The molecule has 3 fully saturated rings. The van der Waals surface area contributed by atoms with Crippen molar-refractivity contribution in [1.82, 2.24) is 66.8 Å². The number of aromatic nitrogens is 3. The third-order valence-electron chi connectivity index (χ3n) is 16.0. The summed E-state index contributed by atoms with van der Waals surface area (Å²) in [5.74, 6) is -6.61. The number of imide groups is 4. The Labute approximate surface area is 799 Å². The Morgan fingerprint density at radius 3 is 1.45 bits per heavy atom. The molecule has 46 nitrogen and oxygen atoms in total. The van der Waals surface area contributed by atoms with Crippen LogP contribution in [0.2, 0.25) is 0 Å². The third-order valence-corrected chi connectivity index (χ3v) is 20.8. The monoisotopic (exact) mass is 2060 g/mol. The van der Waals surface area contributed by atoms with E-state index in [-0.39, 0.29) is 141 Å². The van der Waals surface area contributed by atoms with Gasteiger partial charge in [-0.2, -0.15) is 0 Å². The summed E-state index contributed by atoms with van der Waals surface area (Å²) in [7, 11) is 4.89. The SMILES string of the molecule is CC(=O)CC(=O)NCCCN=C(C(=O)O)c1csc(C)n1.CCN(CC)CC.Cc1nc(/C(=N/OCCNC(N)=O)C(=O)O)cs1.Cc1nc(C(=O)C(=O)O)cs1.Cl.NOCCNC(=O)NC(=O)C(Cl)(Cl)Cl.O=C(NCCON1C(=O)c2ccccc2C1=O)NC(=O)C(Cl)(Cl)Cl.[B]OC(=O)[C@]12OC(=O)C[C@H]1CS[C@@H]1[C@H](N)C(=O)N12.[Cl-].[NH3+]CCON1C(=O)c2ccccc2C1=O. The number of β-lactam (4-membered cyclic amide) rings is 1. The number of carbonyl (C=O) groups excluding carboxylic acids is 15. The maximum Gasteiger partial charge on any atom is 0.378 e. The molecule has 5 aromatic rings. The molecule has 2 radical (unpaired) electrons. The second-order valence-electron chi connectivity index (χ2n) is 25.1. The molecule has 0 bridgehead atoms. The summed E-state index contributed by atoms with van der Waals surface area (Å²) < 4.78 is 4.88. The Morgan fingerprint density at radius 2 is 1.08 bits per heavy atom. The lowest BCUT2D eigenvalue weighted by Gasteiger charge is -2.56. The number of nitrogens with one attached hydrogen (secondary N) is 6. The number of aliphatic imine (C=N–C) groups is 1. The van der Waals surface area contributed by atoms with Crippen LogP contribution in [0.1, 0.15) is 125 Å². The van der Waals surface area contributed by atoms with E-state index in [1.165, 1.54) is 94.7 Å². The highest BCUT2D eigenvalue weighted by molar-refractivity contribution is 8.00. The molecular weight excluding hydrogens is 1970 g/mol. The van der Waals surface area contributed by atoms with Crippen molar-refractivity contribution in [3.05, 3.63) is 119 Å². The van der Waals surface area contributed by atoms with Crippen LogP contribution in [0.3, 0.4) is 0 Å². The average Bonchev–Trinajstić information content (AvgIpc) is 1.44. The van der Waals surface area contributed by atoms with Crippen molar-refractivity contribution in [2.45, 2.75) is 92.5 Å². The number of hydroxylamine groups is 4. The number of urea groups is 3. The van der Waals surface area contributed by atoms with E-state index in [1.54, 1.807) is 78.6 Å². The number of Topliss-reactive ketones (excluding diaryl/α,β-unsaturated/α-hetero) is 2. The number of hydrogen-bond donors (Lipinski definition) is 13. The number of ketones is 2. The van der Waals surface area contributed by atoms with E-state index in [4.69, 9.17) is 124 Å². The van der Waals surface area contributed by atoms with Gasteiger partial charge in [0.15, 0.2) is 5.71 Å². The van der Waals surface area contributed by atoms with Gasteiger partial charge in [-0.05, 0) is 78.0 Å². The number of carbonyl (C=O) groups is 18. The number of nitrogens with two attached hydrogens (primary N) is 3. The van der Waals surface area contributed by atoms with E-state index >= 15 is 0 Å². The van der Waals surface area contributed by atoms with Crippen molar-refractivity contribution in [1.29, 1.82) is 0 Å². The number of alkyl halides is 6. The molecule has 2 aromatic carbocycles. The smallest absolute Gasteiger partial charge is 0.378 e. The van der Waals surface area contributed by atoms with E-state index in [1.807, 2.05) is 0 Å². The lowest BCUT2D eigenvalue weighted by Crippen LogP contribution is -3.00. The number of esters is 1. The first kappa shape index (κ1) is 118. The van der Waals surface area contributed by atoms with Crippen LogP contribution in [-0.4, -0.2) is 292 Å². The number of oxime groups is 1. The zero-order valence-electron chi connectivity index (χ0n) is 69.5. The van der Waals surface area contributed by atoms with Crippen LogP contribution in [0.15, 0.2) is 74.8 Å². The molecular formula is C71H88BCl8N19O27S4.